The number of hydrogen-bond donors (Lipinski definition) is 1. The van der Waals surface area contributed by atoms with Crippen molar-refractivity contribution in [2.75, 3.05) is 25.1 Å². The fourth-order valence-electron chi connectivity index (χ4n) is 2.52. The van der Waals surface area contributed by atoms with Gasteiger partial charge in [0.05, 0.1) is 18.3 Å². The molecule has 0 atom stereocenters. The summed E-state index contributed by atoms with van der Waals surface area (Å²) in [5.74, 6) is 1.22. The number of benzene rings is 1. The second-order valence-electron chi connectivity index (χ2n) is 7.08. The van der Waals surface area contributed by atoms with E-state index in [1.807, 2.05) is 44.9 Å². The Kier molecular flexibility index (Phi) is 4.91. The van der Waals surface area contributed by atoms with Crippen LogP contribution in [0.1, 0.15) is 20.8 Å². The average molecular weight is 376 g/mol. The second kappa shape index (κ2) is 6.99. The molecule has 0 radical (unpaired) electrons. The molecule has 0 spiro atoms. The lowest BCUT2D eigenvalue weighted by atomic mass is 10.1. The molecular formula is C18H22ClN5O2. The van der Waals surface area contributed by atoms with Gasteiger partial charge in [0, 0.05) is 12.1 Å². The number of rotatable bonds is 5. The van der Waals surface area contributed by atoms with E-state index in [9.17, 15) is 4.79 Å². The maximum absolute atomic E-state index is 12.4. The number of nitrogens with one attached hydrogen (secondary N) is 1. The first kappa shape index (κ1) is 18.3. The number of ether oxygens (including phenoxy) is 1. The molecule has 138 valence electrons. The van der Waals surface area contributed by atoms with Crippen LogP contribution in [0.15, 0.2) is 35.3 Å². The minimum Gasteiger partial charge on any atom is -0.492 e. The van der Waals surface area contributed by atoms with Gasteiger partial charge < -0.3 is 9.64 Å². The second-order valence-corrected chi connectivity index (χ2v) is 7.51. The minimum atomic E-state index is -0.268. The van der Waals surface area contributed by atoms with Gasteiger partial charge in [-0.2, -0.15) is 10.1 Å². The first-order chi connectivity index (χ1) is 12.3. The molecule has 0 fully saturated rings. The Morgan fingerprint density at radius 1 is 1.27 bits per heavy atom. The first-order valence-electron chi connectivity index (χ1n) is 8.34. The van der Waals surface area contributed by atoms with Crippen LogP contribution in [-0.4, -0.2) is 39.9 Å². The van der Waals surface area contributed by atoms with E-state index in [-0.39, 0.29) is 11.1 Å². The summed E-state index contributed by atoms with van der Waals surface area (Å²) in [5.41, 5.74) is 0.100. The number of aromatic amines is 1. The Morgan fingerprint density at radius 3 is 2.62 bits per heavy atom. The van der Waals surface area contributed by atoms with Crippen molar-refractivity contribution in [2.24, 2.45) is 0 Å². The molecule has 0 aliphatic carbocycles. The molecule has 1 aromatic carbocycles. The van der Waals surface area contributed by atoms with Crippen LogP contribution in [0.3, 0.4) is 0 Å². The summed E-state index contributed by atoms with van der Waals surface area (Å²) < 4.78 is 7.46. The lowest BCUT2D eigenvalue weighted by Crippen LogP contribution is -2.29. The zero-order valence-corrected chi connectivity index (χ0v) is 16.0. The highest BCUT2D eigenvalue weighted by atomic mass is 35.5. The highest BCUT2D eigenvalue weighted by Gasteiger charge is 2.20. The lowest BCUT2D eigenvalue weighted by Gasteiger charge is -2.21. The van der Waals surface area contributed by atoms with Gasteiger partial charge in [-0.3, -0.25) is 9.78 Å². The summed E-state index contributed by atoms with van der Waals surface area (Å²) in [6.45, 7) is 7.06. The third-order valence-corrected chi connectivity index (χ3v) is 4.18. The Balaban J connectivity index is 1.76. The number of nitrogens with zero attached hydrogens (tertiary/aromatic N) is 4. The number of hydrogen-bond acceptors (Lipinski definition) is 5. The third kappa shape index (κ3) is 3.83. The van der Waals surface area contributed by atoms with Gasteiger partial charge in [-0.05, 0) is 45.0 Å². The van der Waals surface area contributed by atoms with Crippen molar-refractivity contribution < 1.29 is 4.74 Å². The Bertz CT molecular complexity index is 956. The number of halogens is 1. The van der Waals surface area contributed by atoms with E-state index in [4.69, 9.17) is 16.3 Å². The zero-order chi connectivity index (χ0) is 18.9. The van der Waals surface area contributed by atoms with Crippen molar-refractivity contribution in [1.82, 2.24) is 19.7 Å². The lowest BCUT2D eigenvalue weighted by molar-refractivity contribution is 0.325. The van der Waals surface area contributed by atoms with Crippen molar-refractivity contribution in [3.05, 3.63) is 45.8 Å². The predicted molar refractivity (Wildman–Crippen MR) is 103 cm³/mol. The van der Waals surface area contributed by atoms with E-state index in [1.54, 1.807) is 23.0 Å². The molecule has 0 saturated carbocycles. The van der Waals surface area contributed by atoms with Gasteiger partial charge in [0.1, 0.15) is 17.7 Å². The third-order valence-electron chi connectivity index (χ3n) is 3.93. The molecule has 2 aromatic heterocycles. The van der Waals surface area contributed by atoms with Gasteiger partial charge in [-0.1, -0.05) is 11.6 Å². The fourth-order valence-corrected chi connectivity index (χ4v) is 2.64. The SMILES string of the molecule is CN(CCOc1ccc(Cl)cc1)c1nc2c(cnn2C(C)(C)C)c(=O)[nH]1. The molecule has 0 saturated heterocycles. The minimum absolute atomic E-state index is 0.203. The average Bonchev–Trinajstić information content (AvgIpc) is 3.01. The predicted octanol–water partition coefficient (Wildman–Crippen LogP) is 3.04. The highest BCUT2D eigenvalue weighted by molar-refractivity contribution is 6.30. The van der Waals surface area contributed by atoms with Crippen LogP contribution in [-0.2, 0) is 5.54 Å². The van der Waals surface area contributed by atoms with Crippen LogP contribution in [0.25, 0.3) is 11.0 Å². The molecule has 0 bridgehead atoms. The Hall–Kier alpha value is -2.54. The Labute approximate surface area is 156 Å². The molecular weight excluding hydrogens is 354 g/mol. The number of H-pyrrole nitrogens is 1. The molecule has 0 aliphatic rings. The summed E-state index contributed by atoms with van der Waals surface area (Å²) in [7, 11) is 1.85. The number of likely N-dealkylation sites (N-methyl/N-ethyl adjacent to an activating group) is 1. The fraction of sp³-hybridized carbons (Fsp3) is 0.389. The van der Waals surface area contributed by atoms with Crippen molar-refractivity contribution in [2.45, 2.75) is 26.3 Å². The van der Waals surface area contributed by atoms with E-state index in [2.05, 4.69) is 15.1 Å². The topological polar surface area (TPSA) is 76.0 Å². The van der Waals surface area contributed by atoms with Crippen LogP contribution < -0.4 is 15.2 Å². The first-order valence-corrected chi connectivity index (χ1v) is 8.71. The number of anilines is 1. The molecule has 0 aliphatic heterocycles. The monoisotopic (exact) mass is 375 g/mol. The van der Waals surface area contributed by atoms with Gasteiger partial charge in [-0.15, -0.1) is 0 Å². The maximum Gasteiger partial charge on any atom is 0.263 e. The van der Waals surface area contributed by atoms with E-state index in [0.29, 0.717) is 35.2 Å². The highest BCUT2D eigenvalue weighted by Crippen LogP contribution is 2.19. The standard InChI is InChI=1S/C18H22ClN5O2/c1-18(2,3)24-15-14(11-20-24)16(25)22-17(21-15)23(4)9-10-26-13-7-5-12(19)6-8-13/h5-8,11H,9-10H2,1-4H3,(H,21,22,25). The van der Waals surface area contributed by atoms with Gasteiger partial charge in [-0.25, -0.2) is 4.68 Å². The summed E-state index contributed by atoms with van der Waals surface area (Å²) in [5, 5.41) is 5.46. The summed E-state index contributed by atoms with van der Waals surface area (Å²) in [6, 6.07) is 7.19. The van der Waals surface area contributed by atoms with Gasteiger partial charge in [0.15, 0.2) is 5.65 Å². The summed E-state index contributed by atoms with van der Waals surface area (Å²) in [4.78, 5) is 21.6. The summed E-state index contributed by atoms with van der Waals surface area (Å²) >= 11 is 5.86. The summed E-state index contributed by atoms with van der Waals surface area (Å²) in [6.07, 6.45) is 1.56. The van der Waals surface area contributed by atoms with Crippen molar-refractivity contribution >= 4 is 28.6 Å². The smallest absolute Gasteiger partial charge is 0.263 e. The van der Waals surface area contributed by atoms with E-state index >= 15 is 0 Å². The van der Waals surface area contributed by atoms with Gasteiger partial charge in [0.2, 0.25) is 5.95 Å². The Morgan fingerprint density at radius 2 is 1.96 bits per heavy atom. The van der Waals surface area contributed by atoms with E-state index < -0.39 is 0 Å². The van der Waals surface area contributed by atoms with Gasteiger partial charge in [0.25, 0.3) is 5.56 Å². The largest absolute Gasteiger partial charge is 0.492 e. The number of aromatic nitrogens is 4. The van der Waals surface area contributed by atoms with Crippen LogP contribution in [0, 0.1) is 0 Å². The molecule has 0 amide bonds. The van der Waals surface area contributed by atoms with Crippen molar-refractivity contribution in [1.29, 1.82) is 0 Å². The van der Waals surface area contributed by atoms with Gasteiger partial charge >= 0.3 is 0 Å². The van der Waals surface area contributed by atoms with Crippen LogP contribution in [0.5, 0.6) is 5.75 Å². The quantitative estimate of drug-likeness (QED) is 0.741. The zero-order valence-electron chi connectivity index (χ0n) is 15.3. The van der Waals surface area contributed by atoms with Crippen molar-refractivity contribution in [3.8, 4) is 5.75 Å². The van der Waals surface area contributed by atoms with Crippen LogP contribution >= 0.6 is 11.6 Å². The van der Waals surface area contributed by atoms with Crippen molar-refractivity contribution in [3.63, 3.8) is 0 Å². The van der Waals surface area contributed by atoms with E-state index in [0.717, 1.165) is 5.75 Å². The molecule has 3 aromatic rings. The molecule has 3 rings (SSSR count). The molecule has 1 N–H and O–H groups in total. The number of fused-ring (bicyclic) bond motifs is 1. The van der Waals surface area contributed by atoms with Crippen LogP contribution in [0.4, 0.5) is 5.95 Å². The molecule has 8 heteroatoms. The maximum atomic E-state index is 12.4. The van der Waals surface area contributed by atoms with Crippen LogP contribution in [0.2, 0.25) is 5.02 Å². The molecule has 0 unspecified atom stereocenters. The molecule has 7 nitrogen and oxygen atoms in total. The normalized spacial score (nSPS) is 11.7. The molecule has 26 heavy (non-hydrogen) atoms. The molecule has 2 heterocycles. The van der Waals surface area contributed by atoms with E-state index in [1.165, 1.54) is 0 Å².